The summed E-state index contributed by atoms with van der Waals surface area (Å²) in [5.41, 5.74) is 0.589. The Labute approximate surface area is 144 Å². The molecule has 1 aliphatic heterocycles. The average Bonchev–Trinajstić information content (AvgIpc) is 2.61. The Balaban J connectivity index is 1.71. The first-order valence-electron chi connectivity index (χ1n) is 8.67. The number of ether oxygens (including phenoxy) is 2. The molecule has 0 unspecified atom stereocenters. The molecule has 2 rings (SSSR count). The van der Waals surface area contributed by atoms with Gasteiger partial charge < -0.3 is 19.5 Å². The Morgan fingerprint density at radius 3 is 2.42 bits per heavy atom. The van der Waals surface area contributed by atoms with Crippen molar-refractivity contribution in [3.63, 3.8) is 0 Å². The number of aldehydes is 1. The number of carbonyl (C=O) groups excluding carboxylic acids is 1. The maximum Gasteiger partial charge on any atom is 0.161 e. The van der Waals surface area contributed by atoms with E-state index in [-0.39, 0.29) is 6.61 Å². The highest BCUT2D eigenvalue weighted by atomic mass is 16.5. The van der Waals surface area contributed by atoms with E-state index >= 15 is 0 Å². The molecule has 6 nitrogen and oxygen atoms in total. The third-order valence-corrected chi connectivity index (χ3v) is 4.16. The number of aliphatic hydroxyl groups is 1. The lowest BCUT2D eigenvalue weighted by Crippen LogP contribution is -2.47. The number of nitrogens with zero attached hydrogens (tertiary/aromatic N) is 2. The van der Waals surface area contributed by atoms with Crippen molar-refractivity contribution in [2.45, 2.75) is 13.3 Å². The Morgan fingerprint density at radius 1 is 1.08 bits per heavy atom. The molecule has 1 heterocycles. The maximum atomic E-state index is 10.9. The summed E-state index contributed by atoms with van der Waals surface area (Å²) in [4.78, 5) is 15.6. The molecule has 0 aliphatic carbocycles. The van der Waals surface area contributed by atoms with Crippen molar-refractivity contribution in [2.75, 3.05) is 59.1 Å². The number of aliphatic hydroxyl groups excluding tert-OH is 1. The van der Waals surface area contributed by atoms with Crippen molar-refractivity contribution >= 4 is 6.29 Å². The zero-order chi connectivity index (χ0) is 17.2. The van der Waals surface area contributed by atoms with Gasteiger partial charge in [-0.1, -0.05) is 0 Å². The van der Waals surface area contributed by atoms with Crippen molar-refractivity contribution in [3.8, 4) is 11.5 Å². The molecule has 1 aromatic carbocycles. The quantitative estimate of drug-likeness (QED) is 0.513. The Hall–Kier alpha value is -1.63. The molecule has 1 saturated heterocycles. The monoisotopic (exact) mass is 336 g/mol. The van der Waals surface area contributed by atoms with Crippen LogP contribution in [0.4, 0.5) is 0 Å². The summed E-state index contributed by atoms with van der Waals surface area (Å²) in [6, 6.07) is 5.25. The average molecular weight is 336 g/mol. The summed E-state index contributed by atoms with van der Waals surface area (Å²) < 4.78 is 11.4. The molecule has 0 atom stereocenters. The first-order valence-corrected chi connectivity index (χ1v) is 8.67. The van der Waals surface area contributed by atoms with Gasteiger partial charge in [0.25, 0.3) is 0 Å². The largest absolute Gasteiger partial charge is 0.490 e. The van der Waals surface area contributed by atoms with Gasteiger partial charge >= 0.3 is 0 Å². The third kappa shape index (κ3) is 5.78. The molecule has 6 heteroatoms. The Morgan fingerprint density at radius 2 is 1.79 bits per heavy atom. The maximum absolute atomic E-state index is 10.9. The highest BCUT2D eigenvalue weighted by Crippen LogP contribution is 2.28. The van der Waals surface area contributed by atoms with E-state index in [0.29, 0.717) is 30.3 Å². The SMILES string of the molecule is CCOc1cc(C=O)ccc1OCCCN1CCN(CCO)CC1. The summed E-state index contributed by atoms with van der Waals surface area (Å²) in [7, 11) is 0. The standard InChI is InChI=1S/C18H28N2O4/c1-2-23-18-14-16(15-22)4-5-17(18)24-13-3-6-19-7-9-20(10-8-19)11-12-21/h4-5,14-15,21H,2-3,6-13H2,1H3. The number of piperazine rings is 1. The predicted octanol–water partition coefficient (Wildman–Crippen LogP) is 1.28. The fourth-order valence-corrected chi connectivity index (χ4v) is 2.83. The second-order valence-electron chi connectivity index (χ2n) is 5.87. The number of hydrogen-bond acceptors (Lipinski definition) is 6. The van der Waals surface area contributed by atoms with Crippen LogP contribution in [0, 0.1) is 0 Å². The van der Waals surface area contributed by atoms with Crippen LogP contribution in [-0.4, -0.2) is 80.3 Å². The fourth-order valence-electron chi connectivity index (χ4n) is 2.83. The zero-order valence-electron chi connectivity index (χ0n) is 14.4. The van der Waals surface area contributed by atoms with E-state index in [4.69, 9.17) is 14.6 Å². The summed E-state index contributed by atoms with van der Waals surface area (Å²) in [5.74, 6) is 1.31. The van der Waals surface area contributed by atoms with E-state index in [2.05, 4.69) is 9.80 Å². The molecule has 1 N–H and O–H groups in total. The minimum Gasteiger partial charge on any atom is -0.490 e. The fraction of sp³-hybridized carbons (Fsp3) is 0.611. The van der Waals surface area contributed by atoms with E-state index in [9.17, 15) is 4.79 Å². The minimum atomic E-state index is 0.235. The zero-order valence-corrected chi connectivity index (χ0v) is 14.4. The molecular weight excluding hydrogens is 308 g/mol. The van der Waals surface area contributed by atoms with Crippen LogP contribution in [0.3, 0.4) is 0 Å². The van der Waals surface area contributed by atoms with Crippen molar-refractivity contribution < 1.29 is 19.4 Å². The number of rotatable bonds is 10. The molecule has 0 aromatic heterocycles. The molecule has 24 heavy (non-hydrogen) atoms. The number of benzene rings is 1. The minimum absolute atomic E-state index is 0.235. The van der Waals surface area contributed by atoms with Gasteiger partial charge in [0.15, 0.2) is 11.5 Å². The van der Waals surface area contributed by atoms with E-state index in [0.717, 1.165) is 52.0 Å². The molecule has 1 aromatic rings. The highest BCUT2D eigenvalue weighted by molar-refractivity contribution is 5.76. The normalized spacial score (nSPS) is 16.1. The van der Waals surface area contributed by atoms with E-state index in [1.54, 1.807) is 18.2 Å². The molecule has 0 spiro atoms. The Kier molecular flexibility index (Phi) is 8.01. The van der Waals surface area contributed by atoms with Gasteiger partial charge in [-0.15, -0.1) is 0 Å². The van der Waals surface area contributed by atoms with Crippen molar-refractivity contribution in [1.29, 1.82) is 0 Å². The van der Waals surface area contributed by atoms with E-state index in [1.165, 1.54) is 0 Å². The van der Waals surface area contributed by atoms with Crippen molar-refractivity contribution in [2.24, 2.45) is 0 Å². The van der Waals surface area contributed by atoms with Crippen LogP contribution in [0.1, 0.15) is 23.7 Å². The highest BCUT2D eigenvalue weighted by Gasteiger charge is 2.15. The van der Waals surface area contributed by atoms with Gasteiger partial charge in [0.05, 0.1) is 19.8 Å². The van der Waals surface area contributed by atoms with Crippen LogP contribution < -0.4 is 9.47 Å². The van der Waals surface area contributed by atoms with Gasteiger partial charge in [0, 0.05) is 44.8 Å². The van der Waals surface area contributed by atoms with Gasteiger partial charge in [0.2, 0.25) is 0 Å². The van der Waals surface area contributed by atoms with Gasteiger partial charge in [-0.3, -0.25) is 9.69 Å². The van der Waals surface area contributed by atoms with Gasteiger partial charge in [-0.2, -0.15) is 0 Å². The van der Waals surface area contributed by atoms with Crippen LogP contribution in [-0.2, 0) is 0 Å². The van der Waals surface area contributed by atoms with Crippen LogP contribution in [0.2, 0.25) is 0 Å². The lowest BCUT2D eigenvalue weighted by atomic mass is 10.2. The molecule has 0 radical (unpaired) electrons. The summed E-state index contributed by atoms with van der Waals surface area (Å²) in [6.45, 7) is 9.20. The molecular formula is C18H28N2O4. The van der Waals surface area contributed by atoms with Gasteiger partial charge in [-0.05, 0) is 31.5 Å². The molecule has 134 valence electrons. The van der Waals surface area contributed by atoms with Crippen molar-refractivity contribution in [1.82, 2.24) is 9.80 Å². The van der Waals surface area contributed by atoms with Crippen LogP contribution in [0.15, 0.2) is 18.2 Å². The van der Waals surface area contributed by atoms with Crippen LogP contribution in [0.25, 0.3) is 0 Å². The van der Waals surface area contributed by atoms with Gasteiger partial charge in [0.1, 0.15) is 6.29 Å². The van der Waals surface area contributed by atoms with Crippen LogP contribution >= 0.6 is 0 Å². The Bertz CT molecular complexity index is 502. The summed E-state index contributed by atoms with van der Waals surface area (Å²) >= 11 is 0. The topological polar surface area (TPSA) is 62.2 Å². The predicted molar refractivity (Wildman–Crippen MR) is 93.1 cm³/mol. The molecule has 0 saturated carbocycles. The summed E-state index contributed by atoms with van der Waals surface area (Å²) in [6.07, 6.45) is 1.75. The van der Waals surface area contributed by atoms with Gasteiger partial charge in [-0.25, -0.2) is 0 Å². The summed E-state index contributed by atoms with van der Waals surface area (Å²) in [5, 5.41) is 8.96. The molecule has 0 amide bonds. The second-order valence-corrected chi connectivity index (χ2v) is 5.87. The number of carbonyl (C=O) groups is 1. The third-order valence-electron chi connectivity index (χ3n) is 4.16. The van der Waals surface area contributed by atoms with Crippen molar-refractivity contribution in [3.05, 3.63) is 23.8 Å². The first kappa shape index (κ1) is 18.7. The molecule has 0 bridgehead atoms. The first-order chi connectivity index (χ1) is 11.8. The molecule has 1 fully saturated rings. The second kappa shape index (κ2) is 10.3. The van der Waals surface area contributed by atoms with Crippen LogP contribution in [0.5, 0.6) is 11.5 Å². The van der Waals surface area contributed by atoms with E-state index < -0.39 is 0 Å². The lowest BCUT2D eigenvalue weighted by molar-refractivity contribution is 0.108. The number of hydrogen-bond donors (Lipinski definition) is 1. The van der Waals surface area contributed by atoms with E-state index in [1.807, 2.05) is 6.92 Å². The number of β-amino-alcohol motifs (C(OH)–C–C–N with tert-alkyl or cyclic N) is 1. The lowest BCUT2D eigenvalue weighted by Gasteiger charge is -2.34. The molecule has 1 aliphatic rings. The smallest absolute Gasteiger partial charge is 0.161 e.